The van der Waals surface area contributed by atoms with Crippen LogP contribution in [-0.4, -0.2) is 42.9 Å². The van der Waals surface area contributed by atoms with Gasteiger partial charge in [0.2, 0.25) is 0 Å². The first-order valence-corrected chi connectivity index (χ1v) is 11.8. The number of carbonyl (C=O) groups excluding carboxylic acids is 2. The molecule has 2 aromatic rings. The average molecular weight is 422 g/mol. The van der Waals surface area contributed by atoms with Gasteiger partial charge < -0.3 is 9.80 Å². The molecule has 2 amide bonds. The molecule has 1 aromatic heterocycles. The van der Waals surface area contributed by atoms with Gasteiger partial charge in [-0.2, -0.15) is 0 Å². The fraction of sp³-hybridized carbons (Fsp3) is 0.417. The molecule has 4 heterocycles. The van der Waals surface area contributed by atoms with Crippen molar-refractivity contribution in [3.63, 3.8) is 0 Å². The van der Waals surface area contributed by atoms with E-state index in [2.05, 4.69) is 16.7 Å². The number of hydrogen-bond donors (Lipinski definition) is 0. The Morgan fingerprint density at radius 1 is 0.867 bits per heavy atom. The van der Waals surface area contributed by atoms with E-state index < -0.39 is 0 Å². The molecule has 0 aliphatic carbocycles. The molecule has 0 N–H and O–H groups in total. The molecule has 1 unspecified atom stereocenters. The Kier molecular flexibility index (Phi) is 5.11. The number of imide groups is 1. The summed E-state index contributed by atoms with van der Waals surface area (Å²) in [6, 6.07) is 11.8. The minimum Gasteiger partial charge on any atom is -0.372 e. The number of nitrogens with zero attached hydrogens (tertiary/aromatic N) is 3. The molecule has 156 valence electrons. The SMILES string of the molecule is CC1CCCN(C2=C(c3cccs3)C(=O)N(c3ccc(N4CCCC4)cc3)C2=O)C1. The van der Waals surface area contributed by atoms with Gasteiger partial charge in [-0.15, -0.1) is 11.3 Å². The lowest BCUT2D eigenvalue weighted by Gasteiger charge is -2.33. The van der Waals surface area contributed by atoms with Crippen LogP contribution in [0.5, 0.6) is 0 Å². The first-order valence-electron chi connectivity index (χ1n) is 10.9. The maximum absolute atomic E-state index is 13.6. The molecular formula is C24H27N3O2S. The van der Waals surface area contributed by atoms with E-state index in [4.69, 9.17) is 0 Å². The number of likely N-dealkylation sites (tertiary alicyclic amines) is 1. The highest BCUT2D eigenvalue weighted by Crippen LogP contribution is 2.38. The first-order chi connectivity index (χ1) is 14.6. The van der Waals surface area contributed by atoms with E-state index in [1.165, 1.54) is 35.5 Å². The van der Waals surface area contributed by atoms with Crippen molar-refractivity contribution in [3.8, 4) is 0 Å². The van der Waals surface area contributed by atoms with E-state index in [0.29, 0.717) is 22.9 Å². The second kappa shape index (κ2) is 7.91. The molecule has 2 saturated heterocycles. The zero-order chi connectivity index (χ0) is 20.7. The topological polar surface area (TPSA) is 43.9 Å². The summed E-state index contributed by atoms with van der Waals surface area (Å²) in [7, 11) is 0. The molecule has 3 aliphatic heterocycles. The van der Waals surface area contributed by atoms with Crippen LogP contribution < -0.4 is 9.80 Å². The lowest BCUT2D eigenvalue weighted by Crippen LogP contribution is -2.39. The molecule has 5 rings (SSSR count). The van der Waals surface area contributed by atoms with Gasteiger partial charge in [-0.05, 0) is 67.3 Å². The standard InChI is InChI=1S/C24H27N3O2S/c1-17-6-4-14-26(16-17)22-21(20-7-5-15-30-20)23(28)27(24(22)29)19-10-8-18(9-11-19)25-12-2-3-13-25/h5,7-11,15,17H,2-4,6,12-14,16H2,1H3. The van der Waals surface area contributed by atoms with Gasteiger partial charge in [0.15, 0.2) is 0 Å². The largest absolute Gasteiger partial charge is 0.372 e. The Morgan fingerprint density at radius 2 is 1.57 bits per heavy atom. The highest BCUT2D eigenvalue weighted by Gasteiger charge is 2.43. The fourth-order valence-electron chi connectivity index (χ4n) is 4.87. The van der Waals surface area contributed by atoms with E-state index in [1.54, 1.807) is 0 Å². The van der Waals surface area contributed by atoms with Crippen LogP contribution in [0.15, 0.2) is 47.5 Å². The van der Waals surface area contributed by atoms with Crippen LogP contribution in [-0.2, 0) is 9.59 Å². The zero-order valence-corrected chi connectivity index (χ0v) is 18.2. The number of rotatable bonds is 4. The van der Waals surface area contributed by atoms with Crippen molar-refractivity contribution in [2.24, 2.45) is 5.92 Å². The molecular weight excluding hydrogens is 394 g/mol. The first kappa shape index (κ1) is 19.4. The summed E-state index contributed by atoms with van der Waals surface area (Å²) >= 11 is 1.52. The third kappa shape index (κ3) is 3.33. The van der Waals surface area contributed by atoms with E-state index in [9.17, 15) is 9.59 Å². The number of carbonyl (C=O) groups is 2. The summed E-state index contributed by atoms with van der Waals surface area (Å²) in [4.78, 5) is 33.8. The normalized spacial score (nSPS) is 22.6. The monoisotopic (exact) mass is 421 g/mol. The van der Waals surface area contributed by atoms with Gasteiger partial charge in [-0.1, -0.05) is 13.0 Å². The summed E-state index contributed by atoms with van der Waals surface area (Å²) in [5, 5.41) is 1.96. The zero-order valence-electron chi connectivity index (χ0n) is 17.3. The number of piperidine rings is 1. The highest BCUT2D eigenvalue weighted by molar-refractivity contribution is 7.11. The van der Waals surface area contributed by atoms with E-state index in [1.807, 2.05) is 41.8 Å². The number of benzene rings is 1. The summed E-state index contributed by atoms with van der Waals surface area (Å²) in [5.41, 5.74) is 2.96. The smallest absolute Gasteiger partial charge is 0.282 e. The van der Waals surface area contributed by atoms with Crippen LogP contribution in [0.3, 0.4) is 0 Å². The Balaban J connectivity index is 1.49. The van der Waals surface area contributed by atoms with Crippen LogP contribution >= 0.6 is 11.3 Å². The quantitative estimate of drug-likeness (QED) is 0.688. The summed E-state index contributed by atoms with van der Waals surface area (Å²) in [5.74, 6) is 0.128. The Bertz CT molecular complexity index is 974. The molecule has 0 saturated carbocycles. The van der Waals surface area contributed by atoms with Crippen molar-refractivity contribution < 1.29 is 9.59 Å². The van der Waals surface area contributed by atoms with Crippen LogP contribution in [0.2, 0.25) is 0 Å². The maximum Gasteiger partial charge on any atom is 0.282 e. The second-order valence-electron chi connectivity index (χ2n) is 8.55. The van der Waals surface area contributed by atoms with Gasteiger partial charge in [0.05, 0.1) is 11.3 Å². The minimum atomic E-state index is -0.204. The predicted molar refractivity (Wildman–Crippen MR) is 122 cm³/mol. The van der Waals surface area contributed by atoms with Gasteiger partial charge in [0.1, 0.15) is 5.70 Å². The van der Waals surface area contributed by atoms with Crippen molar-refractivity contribution in [2.45, 2.75) is 32.6 Å². The van der Waals surface area contributed by atoms with Gasteiger partial charge in [0, 0.05) is 36.7 Å². The second-order valence-corrected chi connectivity index (χ2v) is 9.50. The average Bonchev–Trinajstić information content (AvgIpc) is 3.49. The molecule has 3 aliphatic rings. The Labute approximate surface area is 181 Å². The molecule has 1 aromatic carbocycles. The minimum absolute atomic E-state index is 0.188. The van der Waals surface area contributed by atoms with Crippen molar-refractivity contribution in [1.82, 2.24) is 4.90 Å². The van der Waals surface area contributed by atoms with Crippen LogP contribution in [0.25, 0.3) is 5.57 Å². The molecule has 0 radical (unpaired) electrons. The van der Waals surface area contributed by atoms with Crippen molar-refractivity contribution in [3.05, 3.63) is 52.4 Å². The lowest BCUT2D eigenvalue weighted by molar-refractivity contribution is -0.120. The fourth-order valence-corrected chi connectivity index (χ4v) is 5.63. The summed E-state index contributed by atoms with van der Waals surface area (Å²) in [6.45, 7) is 6.01. The Morgan fingerprint density at radius 3 is 2.23 bits per heavy atom. The van der Waals surface area contributed by atoms with Gasteiger partial charge in [-0.3, -0.25) is 9.59 Å². The number of thiophene rings is 1. The molecule has 30 heavy (non-hydrogen) atoms. The third-order valence-corrected chi connectivity index (χ3v) is 7.27. The summed E-state index contributed by atoms with van der Waals surface area (Å²) in [6.07, 6.45) is 4.66. The molecule has 5 nitrogen and oxygen atoms in total. The van der Waals surface area contributed by atoms with Crippen molar-refractivity contribution >= 4 is 40.1 Å². The molecule has 0 spiro atoms. The number of anilines is 2. The van der Waals surface area contributed by atoms with E-state index in [0.717, 1.165) is 43.2 Å². The molecule has 1 atom stereocenters. The van der Waals surface area contributed by atoms with Crippen LogP contribution in [0, 0.1) is 5.92 Å². The third-order valence-electron chi connectivity index (χ3n) is 6.38. The van der Waals surface area contributed by atoms with Crippen molar-refractivity contribution in [2.75, 3.05) is 36.0 Å². The Hall–Kier alpha value is -2.60. The molecule has 2 fully saturated rings. The number of hydrogen-bond acceptors (Lipinski definition) is 5. The molecule has 6 heteroatoms. The summed E-state index contributed by atoms with van der Waals surface area (Å²) < 4.78 is 0. The van der Waals surface area contributed by atoms with Gasteiger partial charge >= 0.3 is 0 Å². The van der Waals surface area contributed by atoms with Crippen LogP contribution in [0.4, 0.5) is 11.4 Å². The van der Waals surface area contributed by atoms with E-state index >= 15 is 0 Å². The van der Waals surface area contributed by atoms with Crippen molar-refractivity contribution in [1.29, 1.82) is 0 Å². The van der Waals surface area contributed by atoms with Gasteiger partial charge in [0.25, 0.3) is 11.8 Å². The van der Waals surface area contributed by atoms with Crippen LogP contribution in [0.1, 0.15) is 37.5 Å². The highest BCUT2D eigenvalue weighted by atomic mass is 32.1. The van der Waals surface area contributed by atoms with Gasteiger partial charge in [-0.25, -0.2) is 4.90 Å². The predicted octanol–water partition coefficient (Wildman–Crippen LogP) is 4.36. The number of amides is 2. The maximum atomic E-state index is 13.6. The lowest BCUT2D eigenvalue weighted by atomic mass is 9.99. The van der Waals surface area contributed by atoms with E-state index in [-0.39, 0.29) is 11.8 Å². The molecule has 0 bridgehead atoms.